The molecule has 0 N–H and O–H groups in total. The van der Waals surface area contributed by atoms with Crippen LogP contribution in [0.5, 0.6) is 0 Å². The van der Waals surface area contributed by atoms with E-state index >= 15 is 0 Å². The summed E-state index contributed by atoms with van der Waals surface area (Å²) in [5.74, 6) is 0. The van der Waals surface area contributed by atoms with E-state index < -0.39 is 0 Å². The van der Waals surface area contributed by atoms with E-state index in [1.54, 1.807) is 20.3 Å². The third-order valence-electron chi connectivity index (χ3n) is 2.60. The second kappa shape index (κ2) is 5.12. The summed E-state index contributed by atoms with van der Waals surface area (Å²) in [6.45, 7) is 0.594. The number of ether oxygens (including phenoxy) is 2. The zero-order valence-corrected chi connectivity index (χ0v) is 9.86. The van der Waals surface area contributed by atoms with Crippen molar-refractivity contribution in [3.63, 3.8) is 0 Å². The minimum Gasteiger partial charge on any atom is -0.422 e. The van der Waals surface area contributed by atoms with E-state index in [-0.39, 0.29) is 12.2 Å². The van der Waals surface area contributed by atoms with Gasteiger partial charge in [-0.3, -0.25) is 0 Å². The summed E-state index contributed by atoms with van der Waals surface area (Å²) in [6, 6.07) is 7.41. The van der Waals surface area contributed by atoms with Crippen LogP contribution in [0, 0.1) is 0 Å². The van der Waals surface area contributed by atoms with Crippen LogP contribution in [-0.4, -0.2) is 14.2 Å². The van der Waals surface area contributed by atoms with Gasteiger partial charge in [-0.1, -0.05) is 18.2 Å². The van der Waals surface area contributed by atoms with Gasteiger partial charge in [0.1, 0.15) is 5.58 Å². The van der Waals surface area contributed by atoms with Gasteiger partial charge in [-0.25, -0.2) is 4.79 Å². The van der Waals surface area contributed by atoms with E-state index in [4.69, 9.17) is 13.9 Å². The van der Waals surface area contributed by atoms with Crippen LogP contribution in [0.4, 0.5) is 0 Å². The maximum atomic E-state index is 11.8. The SMILES string of the molecule is COCc1c(COC)c2ccccc2oc1=O. The maximum absolute atomic E-state index is 11.8. The van der Waals surface area contributed by atoms with Crippen molar-refractivity contribution in [1.29, 1.82) is 0 Å². The fraction of sp³-hybridized carbons (Fsp3) is 0.308. The van der Waals surface area contributed by atoms with Crippen LogP contribution in [0.3, 0.4) is 0 Å². The van der Waals surface area contributed by atoms with Crippen molar-refractivity contribution in [3.05, 3.63) is 45.8 Å². The molecule has 2 aromatic rings. The molecule has 17 heavy (non-hydrogen) atoms. The van der Waals surface area contributed by atoms with Crippen molar-refractivity contribution in [2.45, 2.75) is 13.2 Å². The van der Waals surface area contributed by atoms with Crippen LogP contribution in [-0.2, 0) is 22.7 Å². The molecule has 0 spiro atoms. The molecular formula is C13H14O4. The van der Waals surface area contributed by atoms with E-state index in [0.29, 0.717) is 17.8 Å². The van der Waals surface area contributed by atoms with Crippen LogP contribution >= 0.6 is 0 Å². The highest BCUT2D eigenvalue weighted by molar-refractivity contribution is 5.81. The summed E-state index contributed by atoms with van der Waals surface area (Å²) in [6.07, 6.45) is 0. The van der Waals surface area contributed by atoms with Crippen molar-refractivity contribution >= 4 is 11.0 Å². The van der Waals surface area contributed by atoms with Crippen LogP contribution in [0.1, 0.15) is 11.1 Å². The van der Waals surface area contributed by atoms with Crippen molar-refractivity contribution in [3.8, 4) is 0 Å². The van der Waals surface area contributed by atoms with Crippen molar-refractivity contribution in [2.24, 2.45) is 0 Å². The van der Waals surface area contributed by atoms with Gasteiger partial charge in [-0.05, 0) is 6.07 Å². The molecule has 0 saturated heterocycles. The van der Waals surface area contributed by atoms with Crippen LogP contribution in [0.25, 0.3) is 11.0 Å². The first kappa shape index (κ1) is 11.8. The lowest BCUT2D eigenvalue weighted by molar-refractivity contribution is 0.166. The van der Waals surface area contributed by atoms with Gasteiger partial charge in [0.2, 0.25) is 0 Å². The molecule has 1 heterocycles. The van der Waals surface area contributed by atoms with Gasteiger partial charge < -0.3 is 13.9 Å². The molecule has 90 valence electrons. The number of hydrogen-bond donors (Lipinski definition) is 0. The Hall–Kier alpha value is -1.65. The molecule has 0 amide bonds. The highest BCUT2D eigenvalue weighted by Crippen LogP contribution is 2.21. The molecular weight excluding hydrogens is 220 g/mol. The Morgan fingerprint density at radius 1 is 1.06 bits per heavy atom. The molecule has 0 fully saturated rings. The molecule has 0 bridgehead atoms. The molecule has 1 aromatic heterocycles. The van der Waals surface area contributed by atoms with Crippen molar-refractivity contribution < 1.29 is 13.9 Å². The summed E-state index contributed by atoms with van der Waals surface area (Å²) >= 11 is 0. The van der Waals surface area contributed by atoms with E-state index in [9.17, 15) is 4.79 Å². The van der Waals surface area contributed by atoms with Gasteiger partial charge in [0.05, 0.1) is 18.8 Å². The third kappa shape index (κ3) is 2.23. The molecule has 0 aliphatic heterocycles. The normalized spacial score (nSPS) is 10.9. The summed E-state index contributed by atoms with van der Waals surface area (Å²) in [5.41, 5.74) is 1.57. The zero-order chi connectivity index (χ0) is 12.3. The number of hydrogen-bond acceptors (Lipinski definition) is 4. The Morgan fingerprint density at radius 3 is 2.41 bits per heavy atom. The highest BCUT2D eigenvalue weighted by Gasteiger charge is 2.13. The number of benzene rings is 1. The fourth-order valence-corrected chi connectivity index (χ4v) is 1.85. The average Bonchev–Trinajstić information content (AvgIpc) is 2.34. The van der Waals surface area contributed by atoms with Crippen LogP contribution in [0.15, 0.2) is 33.5 Å². The largest absolute Gasteiger partial charge is 0.422 e. The molecule has 4 nitrogen and oxygen atoms in total. The summed E-state index contributed by atoms with van der Waals surface area (Å²) < 4.78 is 15.4. The minimum absolute atomic E-state index is 0.228. The first-order chi connectivity index (χ1) is 8.27. The highest BCUT2D eigenvalue weighted by atomic mass is 16.5. The van der Waals surface area contributed by atoms with E-state index in [1.165, 1.54) is 0 Å². The molecule has 0 aliphatic rings. The molecule has 0 saturated carbocycles. The standard InChI is InChI=1S/C13H14O4/c1-15-7-10-9-5-3-4-6-12(9)17-13(14)11(10)8-16-2/h3-6H,7-8H2,1-2H3. The Morgan fingerprint density at radius 2 is 1.71 bits per heavy atom. The van der Waals surface area contributed by atoms with E-state index in [0.717, 1.165) is 10.9 Å². The molecule has 1 aromatic carbocycles. The molecule has 4 heteroatoms. The van der Waals surface area contributed by atoms with Gasteiger partial charge in [-0.15, -0.1) is 0 Å². The Kier molecular flexibility index (Phi) is 3.56. The van der Waals surface area contributed by atoms with Gasteiger partial charge in [0.25, 0.3) is 0 Å². The lowest BCUT2D eigenvalue weighted by Gasteiger charge is -2.09. The zero-order valence-electron chi connectivity index (χ0n) is 9.86. The van der Waals surface area contributed by atoms with Gasteiger partial charge in [-0.2, -0.15) is 0 Å². The smallest absolute Gasteiger partial charge is 0.342 e. The number of para-hydroxylation sites is 1. The maximum Gasteiger partial charge on any atom is 0.342 e. The van der Waals surface area contributed by atoms with Crippen molar-refractivity contribution in [2.75, 3.05) is 14.2 Å². The lowest BCUT2D eigenvalue weighted by atomic mass is 10.1. The molecule has 0 unspecified atom stereocenters. The Balaban J connectivity index is 2.73. The second-order valence-electron chi connectivity index (χ2n) is 3.71. The Labute approximate surface area is 98.8 Å². The number of fused-ring (bicyclic) bond motifs is 1. The van der Waals surface area contributed by atoms with Gasteiger partial charge in [0, 0.05) is 25.2 Å². The first-order valence-corrected chi connectivity index (χ1v) is 5.29. The second-order valence-corrected chi connectivity index (χ2v) is 3.71. The van der Waals surface area contributed by atoms with Gasteiger partial charge in [0.15, 0.2) is 0 Å². The Bertz CT molecular complexity index is 571. The quantitative estimate of drug-likeness (QED) is 0.760. The van der Waals surface area contributed by atoms with Crippen molar-refractivity contribution in [1.82, 2.24) is 0 Å². The monoisotopic (exact) mass is 234 g/mol. The molecule has 0 atom stereocenters. The predicted molar refractivity (Wildman–Crippen MR) is 63.9 cm³/mol. The van der Waals surface area contributed by atoms with Gasteiger partial charge >= 0.3 is 5.63 Å². The third-order valence-corrected chi connectivity index (χ3v) is 2.60. The summed E-state index contributed by atoms with van der Waals surface area (Å²) in [7, 11) is 3.14. The van der Waals surface area contributed by atoms with E-state index in [2.05, 4.69) is 0 Å². The summed E-state index contributed by atoms with van der Waals surface area (Å²) in [4.78, 5) is 11.8. The predicted octanol–water partition coefficient (Wildman–Crippen LogP) is 2.09. The number of rotatable bonds is 4. The fourth-order valence-electron chi connectivity index (χ4n) is 1.85. The van der Waals surface area contributed by atoms with E-state index in [1.807, 2.05) is 18.2 Å². The minimum atomic E-state index is -0.363. The molecule has 0 aliphatic carbocycles. The average molecular weight is 234 g/mol. The van der Waals surface area contributed by atoms with Crippen LogP contribution in [0.2, 0.25) is 0 Å². The molecule has 2 rings (SSSR count). The lowest BCUT2D eigenvalue weighted by Crippen LogP contribution is -2.13. The first-order valence-electron chi connectivity index (χ1n) is 5.29. The summed E-state index contributed by atoms with van der Waals surface area (Å²) in [5, 5.41) is 0.890. The van der Waals surface area contributed by atoms with Crippen LogP contribution < -0.4 is 5.63 Å². The topological polar surface area (TPSA) is 48.7 Å². The molecule has 0 radical (unpaired) electrons. The number of methoxy groups -OCH3 is 2.